The van der Waals surface area contributed by atoms with Crippen LogP contribution >= 0.6 is 0 Å². The minimum absolute atomic E-state index is 0.268. The van der Waals surface area contributed by atoms with Crippen LogP contribution in [-0.4, -0.2) is 50.6 Å². The predicted octanol–water partition coefficient (Wildman–Crippen LogP) is 4.25. The van der Waals surface area contributed by atoms with Gasteiger partial charge in [-0.05, 0) is 50.6 Å². The van der Waals surface area contributed by atoms with Gasteiger partial charge in [0, 0.05) is 25.2 Å². The van der Waals surface area contributed by atoms with Gasteiger partial charge < -0.3 is 10.2 Å². The monoisotopic (exact) mass is 418 g/mol. The number of likely N-dealkylation sites (tertiary alicyclic amines) is 1. The topological polar surface area (TPSA) is 58.9 Å². The van der Waals surface area contributed by atoms with Gasteiger partial charge in [0.25, 0.3) is 0 Å². The summed E-state index contributed by atoms with van der Waals surface area (Å²) in [6.07, 6.45) is -0.507. The molecule has 9 heteroatoms. The molecule has 3 aromatic rings. The molecule has 0 radical (unpaired) electrons. The smallest absolute Gasteiger partial charge is 0.363 e. The van der Waals surface area contributed by atoms with Gasteiger partial charge in [0.1, 0.15) is 11.2 Å². The zero-order valence-electron chi connectivity index (χ0n) is 17.3. The van der Waals surface area contributed by atoms with Crippen molar-refractivity contribution in [1.29, 1.82) is 0 Å². The maximum absolute atomic E-state index is 13.0. The molecule has 160 valence electrons. The number of nitrogens with zero attached hydrogens (tertiary/aromatic N) is 5. The molecule has 6 nitrogen and oxygen atoms in total. The number of hydrogen-bond donors (Lipinski definition) is 1. The van der Waals surface area contributed by atoms with Crippen LogP contribution in [0.15, 0.2) is 24.4 Å². The first-order valence-corrected chi connectivity index (χ1v) is 10.1. The van der Waals surface area contributed by atoms with Gasteiger partial charge in [0.15, 0.2) is 5.82 Å². The van der Waals surface area contributed by atoms with E-state index in [0.717, 1.165) is 55.5 Å². The van der Waals surface area contributed by atoms with Crippen LogP contribution in [0.5, 0.6) is 0 Å². The van der Waals surface area contributed by atoms with Crippen molar-refractivity contribution in [2.75, 3.05) is 25.0 Å². The molecule has 0 spiro atoms. The van der Waals surface area contributed by atoms with E-state index in [9.17, 15) is 13.2 Å². The predicted molar refractivity (Wildman–Crippen MR) is 110 cm³/mol. The number of piperidine rings is 1. The Hall–Kier alpha value is -2.68. The van der Waals surface area contributed by atoms with E-state index in [0.29, 0.717) is 22.6 Å². The summed E-state index contributed by atoms with van der Waals surface area (Å²) >= 11 is 0. The average molecular weight is 418 g/mol. The molecule has 0 amide bonds. The number of nitrogens with one attached hydrogen (secondary N) is 1. The second-order valence-corrected chi connectivity index (χ2v) is 7.83. The number of benzene rings is 1. The second-order valence-electron chi connectivity index (χ2n) is 7.83. The summed E-state index contributed by atoms with van der Waals surface area (Å²) < 4.78 is 40.8. The molecule has 0 bridgehead atoms. The number of hydrogen-bond acceptors (Lipinski definition) is 5. The molecule has 1 aliphatic heterocycles. The van der Waals surface area contributed by atoms with Gasteiger partial charge in [-0.1, -0.05) is 13.0 Å². The van der Waals surface area contributed by atoms with Crippen LogP contribution in [0.1, 0.15) is 30.9 Å². The summed E-state index contributed by atoms with van der Waals surface area (Å²) in [5.74, 6) is 0.654. The molecule has 1 fully saturated rings. The number of aryl methyl sites for hydroxylation is 2. The van der Waals surface area contributed by atoms with Crippen molar-refractivity contribution in [2.24, 2.45) is 7.05 Å². The molecular weight excluding hydrogens is 393 g/mol. The zero-order valence-corrected chi connectivity index (χ0v) is 17.3. The van der Waals surface area contributed by atoms with Crippen LogP contribution in [0.2, 0.25) is 0 Å². The molecule has 1 saturated heterocycles. The van der Waals surface area contributed by atoms with Crippen LogP contribution in [0.4, 0.5) is 19.0 Å². The highest BCUT2D eigenvalue weighted by molar-refractivity contribution is 5.98. The highest BCUT2D eigenvalue weighted by Crippen LogP contribution is 2.35. The first kappa shape index (κ1) is 20.6. The van der Waals surface area contributed by atoms with Gasteiger partial charge in [-0.15, -0.1) is 10.2 Å². The fourth-order valence-corrected chi connectivity index (χ4v) is 4.15. The normalized spacial score (nSPS) is 18.1. The standard InChI is InChI=1S/C21H25F3N6/c1-4-30-9-5-6-15(12-30)26-20-19-17(11-25-29(19)3)18(27-28-20)16-8-7-14(10-13(16)2)21(22,23)24/h7-8,10-11,15H,4-6,9,12H2,1-3H3,(H,26,28). The van der Waals surface area contributed by atoms with Crippen molar-refractivity contribution in [3.8, 4) is 11.3 Å². The average Bonchev–Trinajstić information content (AvgIpc) is 3.10. The van der Waals surface area contributed by atoms with Crippen LogP contribution in [0.3, 0.4) is 0 Å². The Kier molecular flexibility index (Phi) is 5.40. The van der Waals surface area contributed by atoms with Crippen molar-refractivity contribution in [3.05, 3.63) is 35.5 Å². The molecule has 30 heavy (non-hydrogen) atoms. The highest BCUT2D eigenvalue weighted by atomic mass is 19.4. The lowest BCUT2D eigenvalue weighted by Crippen LogP contribution is -2.42. The lowest BCUT2D eigenvalue weighted by molar-refractivity contribution is -0.137. The first-order chi connectivity index (χ1) is 14.3. The molecule has 3 heterocycles. The quantitative estimate of drug-likeness (QED) is 0.686. The van der Waals surface area contributed by atoms with Gasteiger partial charge in [-0.2, -0.15) is 18.3 Å². The lowest BCUT2D eigenvalue weighted by Gasteiger charge is -2.32. The number of alkyl halides is 3. The number of fused-ring (bicyclic) bond motifs is 1. The molecule has 1 aliphatic rings. The third-order valence-corrected chi connectivity index (χ3v) is 5.77. The van der Waals surface area contributed by atoms with E-state index in [4.69, 9.17) is 0 Å². The van der Waals surface area contributed by atoms with E-state index in [1.165, 1.54) is 6.07 Å². The highest BCUT2D eigenvalue weighted by Gasteiger charge is 2.31. The summed E-state index contributed by atoms with van der Waals surface area (Å²) in [4.78, 5) is 2.40. The second kappa shape index (κ2) is 7.86. The first-order valence-electron chi connectivity index (χ1n) is 10.1. The summed E-state index contributed by atoms with van der Waals surface area (Å²) in [7, 11) is 1.83. The Balaban J connectivity index is 1.72. The Morgan fingerprint density at radius 3 is 2.73 bits per heavy atom. The fraction of sp³-hybridized carbons (Fsp3) is 0.476. The van der Waals surface area contributed by atoms with Crippen LogP contribution in [0, 0.1) is 6.92 Å². The Labute approximate surface area is 173 Å². The maximum Gasteiger partial charge on any atom is 0.416 e. The van der Waals surface area contributed by atoms with Gasteiger partial charge in [0.2, 0.25) is 0 Å². The Morgan fingerprint density at radius 2 is 2.03 bits per heavy atom. The molecule has 1 N–H and O–H groups in total. The molecule has 0 aliphatic carbocycles. The molecule has 2 aromatic heterocycles. The van der Waals surface area contributed by atoms with E-state index in [1.54, 1.807) is 17.8 Å². The summed E-state index contributed by atoms with van der Waals surface area (Å²) in [5.41, 5.74) is 1.78. The van der Waals surface area contributed by atoms with E-state index in [-0.39, 0.29) is 6.04 Å². The van der Waals surface area contributed by atoms with Gasteiger partial charge in [-0.25, -0.2) is 0 Å². The number of rotatable bonds is 4. The third kappa shape index (κ3) is 3.86. The van der Waals surface area contributed by atoms with Crippen molar-refractivity contribution in [3.63, 3.8) is 0 Å². The number of aromatic nitrogens is 4. The Bertz CT molecular complexity index is 1060. The van der Waals surface area contributed by atoms with Crippen molar-refractivity contribution in [2.45, 2.75) is 38.9 Å². The van der Waals surface area contributed by atoms with E-state index < -0.39 is 11.7 Å². The van der Waals surface area contributed by atoms with Crippen LogP contribution in [0.25, 0.3) is 22.2 Å². The molecular formula is C21H25F3N6. The molecule has 1 atom stereocenters. The summed E-state index contributed by atoms with van der Waals surface area (Å²) in [6, 6.07) is 3.96. The minimum atomic E-state index is -4.38. The number of likely N-dealkylation sites (N-methyl/N-ethyl adjacent to an activating group) is 1. The minimum Gasteiger partial charge on any atom is -0.363 e. The molecule has 0 saturated carbocycles. The van der Waals surface area contributed by atoms with E-state index >= 15 is 0 Å². The SMILES string of the molecule is CCN1CCCC(Nc2nnc(-c3ccc(C(F)(F)F)cc3C)c3cnn(C)c23)C1. The largest absolute Gasteiger partial charge is 0.416 e. The third-order valence-electron chi connectivity index (χ3n) is 5.77. The van der Waals surface area contributed by atoms with Gasteiger partial charge in [0.05, 0.1) is 17.1 Å². The van der Waals surface area contributed by atoms with Crippen molar-refractivity contribution < 1.29 is 13.2 Å². The van der Waals surface area contributed by atoms with Crippen LogP contribution < -0.4 is 5.32 Å². The van der Waals surface area contributed by atoms with Gasteiger partial charge >= 0.3 is 6.18 Å². The van der Waals surface area contributed by atoms with Crippen molar-refractivity contribution >= 4 is 16.7 Å². The zero-order chi connectivity index (χ0) is 21.5. The molecule has 1 aromatic carbocycles. The van der Waals surface area contributed by atoms with E-state index in [2.05, 4.69) is 32.4 Å². The molecule has 1 unspecified atom stereocenters. The maximum atomic E-state index is 13.0. The number of halogens is 3. The van der Waals surface area contributed by atoms with Gasteiger partial charge in [-0.3, -0.25) is 4.68 Å². The fourth-order valence-electron chi connectivity index (χ4n) is 4.15. The Morgan fingerprint density at radius 1 is 1.23 bits per heavy atom. The lowest BCUT2D eigenvalue weighted by atomic mass is 10.00. The van der Waals surface area contributed by atoms with Crippen molar-refractivity contribution in [1.82, 2.24) is 24.9 Å². The number of anilines is 1. The summed E-state index contributed by atoms with van der Waals surface area (Å²) in [6.45, 7) is 6.87. The molecule has 4 rings (SSSR count). The van der Waals surface area contributed by atoms with E-state index in [1.807, 2.05) is 7.05 Å². The van der Waals surface area contributed by atoms with Crippen LogP contribution in [-0.2, 0) is 13.2 Å². The summed E-state index contributed by atoms with van der Waals surface area (Å²) in [5, 5.41) is 17.4.